The van der Waals surface area contributed by atoms with Crippen LogP contribution in [-0.2, 0) is 0 Å². The van der Waals surface area contributed by atoms with Gasteiger partial charge < -0.3 is 5.11 Å². The molecule has 0 aliphatic carbocycles. The largest absolute Gasteiger partial charge is 0.383 e. The molecule has 2 rings (SSSR count). The lowest BCUT2D eigenvalue weighted by atomic mass is 10.1. The Balaban J connectivity index is 2.47. The first-order chi connectivity index (χ1) is 8.00. The number of aliphatic hydroxyl groups excluding tert-OH is 1. The van der Waals surface area contributed by atoms with Gasteiger partial charge in [0.2, 0.25) is 0 Å². The molecule has 17 heavy (non-hydrogen) atoms. The van der Waals surface area contributed by atoms with Gasteiger partial charge in [0.1, 0.15) is 6.10 Å². The summed E-state index contributed by atoms with van der Waals surface area (Å²) in [6.07, 6.45) is -0.870. The van der Waals surface area contributed by atoms with Gasteiger partial charge in [0.05, 0.1) is 8.81 Å². The summed E-state index contributed by atoms with van der Waals surface area (Å²) in [6, 6.07) is 6.81. The van der Waals surface area contributed by atoms with Crippen LogP contribution in [0.2, 0.25) is 15.1 Å². The predicted octanol–water partition coefficient (Wildman–Crippen LogP) is 5.55. The molecule has 1 nitrogen and oxygen atoms in total. The highest BCUT2D eigenvalue weighted by atomic mass is 79.9. The van der Waals surface area contributed by atoms with Crippen molar-refractivity contribution in [2.45, 2.75) is 6.10 Å². The standard InChI is InChI=1S/C11H6BrCl3OS/c12-11-7(15)4-8(17-11)10(16)9-5(13)2-1-3-6(9)14/h1-4,10,16H. The van der Waals surface area contributed by atoms with Crippen LogP contribution in [0.25, 0.3) is 0 Å². The number of hydrogen-bond donors (Lipinski definition) is 1. The van der Waals surface area contributed by atoms with Gasteiger partial charge in [-0.2, -0.15) is 0 Å². The molecular weight excluding hydrogens is 366 g/mol. The first-order valence-corrected chi connectivity index (χ1v) is 7.31. The van der Waals surface area contributed by atoms with Crippen LogP contribution < -0.4 is 0 Å². The normalized spacial score (nSPS) is 12.8. The number of benzene rings is 1. The van der Waals surface area contributed by atoms with Gasteiger partial charge >= 0.3 is 0 Å². The summed E-state index contributed by atoms with van der Waals surface area (Å²) in [4.78, 5) is 0.692. The highest BCUT2D eigenvalue weighted by Crippen LogP contribution is 2.40. The zero-order valence-electron chi connectivity index (χ0n) is 8.25. The van der Waals surface area contributed by atoms with Crippen molar-refractivity contribution in [1.29, 1.82) is 0 Å². The smallest absolute Gasteiger partial charge is 0.116 e. The van der Waals surface area contributed by atoms with E-state index < -0.39 is 6.10 Å². The van der Waals surface area contributed by atoms with E-state index in [4.69, 9.17) is 34.8 Å². The lowest BCUT2D eigenvalue weighted by Gasteiger charge is -2.12. The van der Waals surface area contributed by atoms with E-state index in [1.165, 1.54) is 11.3 Å². The minimum Gasteiger partial charge on any atom is -0.383 e. The van der Waals surface area contributed by atoms with Crippen molar-refractivity contribution in [1.82, 2.24) is 0 Å². The van der Waals surface area contributed by atoms with E-state index in [0.29, 0.717) is 25.5 Å². The summed E-state index contributed by atoms with van der Waals surface area (Å²) in [5.74, 6) is 0. The summed E-state index contributed by atoms with van der Waals surface area (Å²) in [6.45, 7) is 0. The van der Waals surface area contributed by atoms with Crippen LogP contribution in [0.5, 0.6) is 0 Å². The molecule has 0 saturated heterocycles. The van der Waals surface area contributed by atoms with Gasteiger partial charge in [-0.05, 0) is 34.1 Å². The van der Waals surface area contributed by atoms with Crippen molar-refractivity contribution < 1.29 is 5.11 Å². The Morgan fingerprint density at radius 1 is 1.12 bits per heavy atom. The highest BCUT2D eigenvalue weighted by Gasteiger charge is 2.20. The molecule has 1 unspecified atom stereocenters. The number of rotatable bonds is 2. The molecule has 0 amide bonds. The Labute approximate surface area is 126 Å². The third-order valence-electron chi connectivity index (χ3n) is 2.21. The van der Waals surface area contributed by atoms with Crippen molar-refractivity contribution in [3.63, 3.8) is 0 Å². The van der Waals surface area contributed by atoms with Crippen molar-refractivity contribution in [3.8, 4) is 0 Å². The lowest BCUT2D eigenvalue weighted by Crippen LogP contribution is -1.99. The van der Waals surface area contributed by atoms with Crippen LogP contribution in [0.4, 0.5) is 0 Å². The molecule has 0 aliphatic heterocycles. The topological polar surface area (TPSA) is 20.2 Å². The van der Waals surface area contributed by atoms with Crippen LogP contribution >= 0.6 is 62.1 Å². The summed E-state index contributed by atoms with van der Waals surface area (Å²) < 4.78 is 0.774. The Hall–Kier alpha value is 0.230. The quantitative estimate of drug-likeness (QED) is 0.732. The summed E-state index contributed by atoms with van der Waals surface area (Å²) in [5, 5.41) is 11.7. The highest BCUT2D eigenvalue weighted by molar-refractivity contribution is 9.11. The molecule has 0 saturated carbocycles. The van der Waals surface area contributed by atoms with Gasteiger partial charge in [0.15, 0.2) is 0 Å². The molecule has 90 valence electrons. The molecule has 1 aromatic carbocycles. The summed E-state index contributed by atoms with van der Waals surface area (Å²) in [7, 11) is 0. The third-order valence-corrected chi connectivity index (χ3v) is 5.39. The molecule has 0 aliphatic rings. The maximum absolute atomic E-state index is 10.3. The van der Waals surface area contributed by atoms with Crippen molar-refractivity contribution in [2.75, 3.05) is 0 Å². The van der Waals surface area contributed by atoms with E-state index in [0.717, 1.165) is 3.79 Å². The van der Waals surface area contributed by atoms with Crippen LogP contribution in [0.15, 0.2) is 28.1 Å². The van der Waals surface area contributed by atoms with Crippen molar-refractivity contribution in [2.24, 2.45) is 0 Å². The molecule has 2 aromatic rings. The van der Waals surface area contributed by atoms with Crippen LogP contribution in [0.3, 0.4) is 0 Å². The average molecular weight is 372 g/mol. The van der Waals surface area contributed by atoms with Gasteiger partial charge in [-0.15, -0.1) is 11.3 Å². The van der Waals surface area contributed by atoms with Crippen LogP contribution in [0, 0.1) is 0 Å². The van der Waals surface area contributed by atoms with Crippen molar-refractivity contribution in [3.05, 3.63) is 53.6 Å². The maximum atomic E-state index is 10.3. The second kappa shape index (κ2) is 5.47. The molecule has 0 fully saturated rings. The SMILES string of the molecule is OC(c1cc(Cl)c(Br)s1)c1c(Cl)cccc1Cl. The molecule has 1 aromatic heterocycles. The van der Waals surface area contributed by atoms with E-state index >= 15 is 0 Å². The monoisotopic (exact) mass is 370 g/mol. The summed E-state index contributed by atoms with van der Waals surface area (Å²) in [5.41, 5.74) is 0.501. The Morgan fingerprint density at radius 2 is 1.71 bits per heavy atom. The number of hydrogen-bond acceptors (Lipinski definition) is 2. The zero-order valence-corrected chi connectivity index (χ0v) is 12.9. The van der Waals surface area contributed by atoms with Gasteiger partial charge in [0, 0.05) is 20.5 Å². The van der Waals surface area contributed by atoms with E-state index in [9.17, 15) is 5.11 Å². The molecule has 1 atom stereocenters. The second-order valence-corrected chi connectivity index (χ2v) is 6.93. The fourth-order valence-corrected chi connectivity index (χ4v) is 3.76. The maximum Gasteiger partial charge on any atom is 0.116 e. The average Bonchev–Trinajstić information content (AvgIpc) is 2.59. The molecule has 1 N–H and O–H groups in total. The first-order valence-electron chi connectivity index (χ1n) is 4.57. The number of halogens is 4. The Kier molecular flexibility index (Phi) is 4.40. The second-order valence-electron chi connectivity index (χ2n) is 3.31. The molecule has 0 spiro atoms. The third kappa shape index (κ3) is 2.80. The van der Waals surface area contributed by atoms with Gasteiger partial charge in [0.25, 0.3) is 0 Å². The molecule has 0 radical (unpaired) electrons. The fraction of sp³-hybridized carbons (Fsp3) is 0.0909. The van der Waals surface area contributed by atoms with Crippen LogP contribution in [0.1, 0.15) is 16.5 Å². The summed E-state index contributed by atoms with van der Waals surface area (Å²) >= 11 is 22.7. The Morgan fingerprint density at radius 3 is 2.18 bits per heavy atom. The Bertz CT molecular complexity index is 516. The van der Waals surface area contributed by atoms with Gasteiger partial charge in [-0.1, -0.05) is 40.9 Å². The van der Waals surface area contributed by atoms with Crippen molar-refractivity contribution >= 4 is 62.1 Å². The molecule has 0 bridgehead atoms. The minimum absolute atomic E-state index is 0.436. The van der Waals surface area contributed by atoms with E-state index in [-0.39, 0.29) is 0 Å². The van der Waals surface area contributed by atoms with E-state index in [2.05, 4.69) is 15.9 Å². The van der Waals surface area contributed by atoms with Gasteiger partial charge in [-0.3, -0.25) is 0 Å². The van der Waals surface area contributed by atoms with E-state index in [1.54, 1.807) is 24.3 Å². The minimum atomic E-state index is -0.870. The molecule has 1 heterocycles. The first kappa shape index (κ1) is 13.7. The number of thiophene rings is 1. The molecule has 6 heteroatoms. The fourth-order valence-electron chi connectivity index (χ4n) is 1.41. The molecular formula is C11H6BrCl3OS. The lowest BCUT2D eigenvalue weighted by molar-refractivity contribution is 0.224. The zero-order chi connectivity index (χ0) is 12.6. The van der Waals surface area contributed by atoms with E-state index in [1.807, 2.05) is 0 Å². The van der Waals surface area contributed by atoms with Crippen LogP contribution in [-0.4, -0.2) is 5.11 Å². The predicted molar refractivity (Wildman–Crippen MR) is 77.6 cm³/mol. The number of aliphatic hydroxyl groups is 1. The van der Waals surface area contributed by atoms with Gasteiger partial charge in [-0.25, -0.2) is 0 Å².